The summed E-state index contributed by atoms with van der Waals surface area (Å²) < 4.78 is 49.6. The molecule has 0 fully saturated rings. The lowest BCUT2D eigenvalue weighted by atomic mass is 9.96. The number of hydrogen-bond acceptors (Lipinski definition) is 9. The van der Waals surface area contributed by atoms with Gasteiger partial charge in [-0.1, -0.05) is 67.0 Å². The fourth-order valence-corrected chi connectivity index (χ4v) is 8.64. The number of aryl methyl sites for hydroxylation is 2. The number of nitrogens with one attached hydrogen (secondary N) is 3. The molecule has 0 saturated carbocycles. The Kier molecular flexibility index (Phi) is 16.6. The maximum Gasteiger partial charge on any atom is 0.262 e. The number of carbonyl (C=O) groups excluding carboxylic acids is 2. The summed E-state index contributed by atoms with van der Waals surface area (Å²) in [6.45, 7) is 7.10. The highest BCUT2D eigenvalue weighted by Crippen LogP contribution is 2.32. The third-order valence-electron chi connectivity index (χ3n) is 8.92. The van der Waals surface area contributed by atoms with Crippen LogP contribution in [0.4, 0.5) is 22.7 Å². The summed E-state index contributed by atoms with van der Waals surface area (Å²) in [5.41, 5.74) is 12.7. The molecule has 0 atom stereocenters. The molecule has 10 nitrogen and oxygen atoms in total. The summed E-state index contributed by atoms with van der Waals surface area (Å²) in [6.07, 6.45) is 4.51. The van der Waals surface area contributed by atoms with Crippen molar-refractivity contribution in [3.8, 4) is 0 Å². The Labute approximate surface area is 345 Å². The maximum atomic E-state index is 12.7. The highest BCUT2D eigenvalue weighted by atomic mass is 35.7. The molecule has 4 aromatic carbocycles. The molecule has 15 heteroatoms. The molecule has 0 radical (unpaired) electrons. The van der Waals surface area contributed by atoms with Gasteiger partial charge in [-0.15, -0.1) is 0 Å². The maximum absolute atomic E-state index is 12.7. The zero-order valence-corrected chi connectivity index (χ0v) is 34.7. The Morgan fingerprint density at radius 3 is 1.52 bits per heavy atom. The van der Waals surface area contributed by atoms with E-state index in [0.29, 0.717) is 56.6 Å². The fourth-order valence-electron chi connectivity index (χ4n) is 5.80. The number of Topliss-reactive ketones (excluding diaryl/α,β-unsaturated/α-hetero) is 2. The summed E-state index contributed by atoms with van der Waals surface area (Å²) in [4.78, 5) is 23.9. The summed E-state index contributed by atoms with van der Waals surface area (Å²) in [5, 5.41) is 7.48. The van der Waals surface area contributed by atoms with Crippen LogP contribution in [0.5, 0.6) is 0 Å². The molecule has 0 amide bonds. The first-order valence-corrected chi connectivity index (χ1v) is 21.9. The van der Waals surface area contributed by atoms with Crippen LogP contribution >= 0.6 is 33.9 Å². The van der Waals surface area contributed by atoms with E-state index >= 15 is 0 Å². The van der Waals surface area contributed by atoms with E-state index < -0.39 is 19.1 Å². The van der Waals surface area contributed by atoms with Crippen molar-refractivity contribution in [3.05, 3.63) is 129 Å². The Hall–Kier alpha value is -4.33. The van der Waals surface area contributed by atoms with Crippen LogP contribution in [0.1, 0.15) is 70.9 Å². The number of hydrogen-bond donors (Lipinski definition) is 4. The third kappa shape index (κ3) is 12.6. The number of nitrogen functional groups attached to an aromatic ring is 1. The standard InChI is InChI=1S/C20H21ClN2O3S.C13H15ClN2O.C7H7ClO2S.CH4/c1-13-6-3-4-9-20(13)27(25,26)23-15-10-11-16(21)18(12-15)22-17-7-5-8-19(24)14(17)2;1-8-11(3-2-4-13(8)17)16-12-7-9(15)5-6-10(12)14;1-6-4-2-3-5-7(6)11(8,9)10;/h3-4,6,9-12,22-23H,5,7-8H2,1-2H3;5-7,16H,2-4,15H2,1H3;2-5H,1H3;1H4. The van der Waals surface area contributed by atoms with Gasteiger partial charge in [0.15, 0.2) is 11.6 Å². The Morgan fingerprint density at radius 1 is 0.607 bits per heavy atom. The van der Waals surface area contributed by atoms with Crippen LogP contribution in [0.25, 0.3) is 0 Å². The van der Waals surface area contributed by atoms with Crippen molar-refractivity contribution in [2.75, 3.05) is 21.1 Å². The monoisotopic (exact) mass is 860 g/mol. The Bertz CT molecular complexity index is 2380. The number of allylic oxidation sites excluding steroid dienone is 4. The minimum Gasteiger partial charge on any atom is -0.399 e. The largest absolute Gasteiger partial charge is 0.399 e. The molecule has 0 heterocycles. The van der Waals surface area contributed by atoms with E-state index in [4.69, 9.17) is 39.6 Å². The zero-order valence-electron chi connectivity index (χ0n) is 30.8. The minimum atomic E-state index is -3.71. The molecule has 0 spiro atoms. The molecule has 56 heavy (non-hydrogen) atoms. The van der Waals surface area contributed by atoms with Crippen LogP contribution in [-0.4, -0.2) is 28.4 Å². The van der Waals surface area contributed by atoms with Crippen LogP contribution in [0.15, 0.2) is 117 Å². The average Bonchev–Trinajstić information content (AvgIpc) is 3.12. The number of rotatable bonds is 8. The average molecular weight is 862 g/mol. The van der Waals surface area contributed by atoms with E-state index in [-0.39, 0.29) is 28.8 Å². The second kappa shape index (κ2) is 20.2. The first-order valence-electron chi connectivity index (χ1n) is 17.3. The van der Waals surface area contributed by atoms with E-state index in [0.717, 1.165) is 48.3 Å². The van der Waals surface area contributed by atoms with E-state index in [2.05, 4.69) is 15.4 Å². The molecule has 0 aromatic heterocycles. The topological polar surface area (TPSA) is 165 Å². The second-order valence-corrected chi connectivity index (χ2v) is 18.0. The lowest BCUT2D eigenvalue weighted by Crippen LogP contribution is -2.16. The number of halogens is 3. The van der Waals surface area contributed by atoms with Crippen LogP contribution in [0.3, 0.4) is 0 Å². The molecule has 5 N–H and O–H groups in total. The van der Waals surface area contributed by atoms with Gasteiger partial charge in [-0.05, 0) is 113 Å². The van der Waals surface area contributed by atoms with E-state index in [9.17, 15) is 26.4 Å². The predicted octanol–water partition coefficient (Wildman–Crippen LogP) is 10.8. The molecule has 2 aliphatic rings. The van der Waals surface area contributed by atoms with Crippen molar-refractivity contribution in [2.24, 2.45) is 0 Å². The molecule has 0 aliphatic heterocycles. The van der Waals surface area contributed by atoms with Gasteiger partial charge < -0.3 is 16.4 Å². The van der Waals surface area contributed by atoms with Gasteiger partial charge in [0, 0.05) is 51.8 Å². The molecular weight excluding hydrogens is 815 g/mol. The van der Waals surface area contributed by atoms with Gasteiger partial charge in [0.2, 0.25) is 0 Å². The predicted molar refractivity (Wildman–Crippen MR) is 231 cm³/mol. The summed E-state index contributed by atoms with van der Waals surface area (Å²) in [7, 11) is -2.14. The van der Waals surface area contributed by atoms with E-state index in [1.807, 2.05) is 6.92 Å². The number of nitrogens with two attached hydrogens (primary N) is 1. The van der Waals surface area contributed by atoms with E-state index in [1.54, 1.807) is 99.6 Å². The van der Waals surface area contributed by atoms with Gasteiger partial charge in [0.05, 0.1) is 36.9 Å². The van der Waals surface area contributed by atoms with E-state index in [1.165, 1.54) is 6.07 Å². The van der Waals surface area contributed by atoms with Crippen molar-refractivity contribution < 1.29 is 26.4 Å². The van der Waals surface area contributed by atoms with Crippen molar-refractivity contribution in [1.82, 2.24) is 0 Å². The smallest absolute Gasteiger partial charge is 0.262 e. The quantitative estimate of drug-likeness (QED) is 0.0997. The molecule has 300 valence electrons. The number of carbonyl (C=O) groups is 2. The van der Waals surface area contributed by atoms with Crippen LogP contribution in [-0.2, 0) is 28.7 Å². The van der Waals surface area contributed by atoms with Gasteiger partial charge >= 0.3 is 0 Å². The molecule has 0 bridgehead atoms. The van der Waals surface area contributed by atoms with Gasteiger partial charge in [0.1, 0.15) is 0 Å². The highest BCUT2D eigenvalue weighted by molar-refractivity contribution is 8.13. The van der Waals surface area contributed by atoms with Gasteiger partial charge in [-0.3, -0.25) is 14.3 Å². The molecule has 4 aromatic rings. The van der Waals surface area contributed by atoms with Gasteiger partial charge in [0.25, 0.3) is 19.1 Å². The Balaban J connectivity index is 0.000000247. The molecular formula is C41H47Cl3N4O6S2. The first kappa shape index (κ1) is 46.1. The highest BCUT2D eigenvalue weighted by Gasteiger charge is 2.20. The summed E-state index contributed by atoms with van der Waals surface area (Å²) in [5.74, 6) is 0.329. The number of anilines is 4. The number of ketones is 2. The lowest BCUT2D eigenvalue weighted by molar-refractivity contribution is -0.116. The van der Waals surface area contributed by atoms with Crippen molar-refractivity contribution in [1.29, 1.82) is 0 Å². The lowest BCUT2D eigenvalue weighted by Gasteiger charge is -2.20. The molecule has 0 saturated heterocycles. The molecule has 2 aliphatic carbocycles. The van der Waals surface area contributed by atoms with Crippen molar-refractivity contribution >= 4 is 87.3 Å². The number of sulfonamides is 1. The van der Waals surface area contributed by atoms with Crippen molar-refractivity contribution in [3.63, 3.8) is 0 Å². The minimum absolute atomic E-state index is 0. The number of benzene rings is 4. The molecule has 6 rings (SSSR count). The van der Waals surface area contributed by atoms with Crippen molar-refractivity contribution in [2.45, 2.75) is 83.4 Å². The van der Waals surface area contributed by atoms with Crippen LogP contribution in [0.2, 0.25) is 10.0 Å². The van der Waals surface area contributed by atoms with Crippen LogP contribution < -0.4 is 21.1 Å². The van der Waals surface area contributed by atoms with Gasteiger partial charge in [-0.2, -0.15) is 0 Å². The van der Waals surface area contributed by atoms with Crippen LogP contribution in [0, 0.1) is 13.8 Å². The SMILES string of the molecule is C.CC1=C(Nc2cc(N)ccc2Cl)CCCC1=O.CC1=C(Nc2cc(NS(=O)(=O)c3ccccc3C)ccc2Cl)CCCC1=O.Cc1ccccc1S(=O)(=O)Cl. The summed E-state index contributed by atoms with van der Waals surface area (Å²) >= 11 is 12.3. The first-order chi connectivity index (χ1) is 25.9. The summed E-state index contributed by atoms with van der Waals surface area (Å²) in [6, 6.07) is 23.5. The second-order valence-electron chi connectivity index (χ2n) is 13.0. The zero-order chi connectivity index (χ0) is 40.5. The molecule has 0 unspecified atom stereocenters. The third-order valence-corrected chi connectivity index (χ3v) is 12.6. The normalized spacial score (nSPS) is 14.4. The Morgan fingerprint density at radius 2 is 1.05 bits per heavy atom. The van der Waals surface area contributed by atoms with Gasteiger partial charge in [-0.25, -0.2) is 16.8 Å². The fraction of sp³-hybridized carbons (Fsp3) is 0.268.